The van der Waals surface area contributed by atoms with Crippen LogP contribution in [0.15, 0.2) is 30.5 Å². The van der Waals surface area contributed by atoms with E-state index in [4.69, 9.17) is 0 Å². The second-order valence-electron chi connectivity index (χ2n) is 26.1. The maximum Gasteiger partial charge on any atom is 0.254 e. The van der Waals surface area contributed by atoms with E-state index in [9.17, 15) is 47.9 Å². The molecule has 1 fully saturated rings. The normalized spacial score (nSPS) is 15.7. The molecule has 0 radical (unpaired) electrons. The summed E-state index contributed by atoms with van der Waals surface area (Å²) in [6, 6.07) is 1.83. The number of hydrogen-bond acceptors (Lipinski definition) is 11. The van der Waals surface area contributed by atoms with Crippen molar-refractivity contribution in [3.05, 3.63) is 36.0 Å². The Balaban J connectivity index is 1.74. The van der Waals surface area contributed by atoms with Crippen LogP contribution in [0.1, 0.15) is 191 Å². The summed E-state index contributed by atoms with van der Waals surface area (Å²) in [5, 5.41) is 26.1. The average molecular weight is 1180 g/mol. The van der Waals surface area contributed by atoms with Gasteiger partial charge in [0.15, 0.2) is 0 Å². The number of aromatic amines is 1. The highest BCUT2D eigenvalue weighted by atomic mass is 16.2. The molecule has 1 aliphatic rings. The van der Waals surface area contributed by atoms with E-state index in [0.29, 0.717) is 44.3 Å². The van der Waals surface area contributed by atoms with Gasteiger partial charge in [-0.3, -0.25) is 47.9 Å². The molecule has 84 heavy (non-hydrogen) atoms. The summed E-state index contributed by atoms with van der Waals surface area (Å²) in [4.78, 5) is 145. The number of likely N-dealkylation sites (tertiary alicyclic amines) is 1. The topological polar surface area (TPSA) is 301 Å². The molecule has 22 nitrogen and oxygen atoms in total. The first-order valence-corrected chi connectivity index (χ1v) is 30.5. The Labute approximate surface area is 499 Å². The molecule has 0 bridgehead atoms. The number of benzene rings is 1. The minimum atomic E-state index is -1.64. The van der Waals surface area contributed by atoms with Gasteiger partial charge in [-0.1, -0.05) is 87.0 Å². The van der Waals surface area contributed by atoms with E-state index in [1.807, 2.05) is 79.6 Å². The van der Waals surface area contributed by atoms with Crippen LogP contribution in [0.2, 0.25) is 0 Å². The molecule has 1 aromatic heterocycles. The third-order valence-corrected chi connectivity index (χ3v) is 14.8. The van der Waals surface area contributed by atoms with Crippen LogP contribution in [0.4, 0.5) is 0 Å². The highest BCUT2D eigenvalue weighted by Crippen LogP contribution is 2.24. The van der Waals surface area contributed by atoms with Crippen molar-refractivity contribution in [3.8, 4) is 0 Å². The van der Waals surface area contributed by atoms with Crippen molar-refractivity contribution in [1.82, 2.24) is 62.6 Å². The zero-order chi connectivity index (χ0) is 63.3. The predicted molar refractivity (Wildman–Crippen MR) is 327 cm³/mol. The lowest BCUT2D eigenvalue weighted by Crippen LogP contribution is -2.65. The van der Waals surface area contributed by atoms with Gasteiger partial charge in [0.25, 0.3) is 5.91 Å². The van der Waals surface area contributed by atoms with E-state index in [2.05, 4.69) is 59.8 Å². The Morgan fingerprint density at radius 2 is 1.13 bits per heavy atom. The number of H-pyrrole nitrogens is 1. The van der Waals surface area contributed by atoms with Crippen molar-refractivity contribution in [2.45, 2.75) is 233 Å². The summed E-state index contributed by atoms with van der Waals surface area (Å²) in [5.41, 5.74) is -3.34. The van der Waals surface area contributed by atoms with E-state index >= 15 is 0 Å². The minimum absolute atomic E-state index is 0.0279. The van der Waals surface area contributed by atoms with Crippen LogP contribution < -0.4 is 47.9 Å². The number of amides is 10. The summed E-state index contributed by atoms with van der Waals surface area (Å²) >= 11 is 0. The van der Waals surface area contributed by atoms with Crippen molar-refractivity contribution in [2.75, 3.05) is 33.7 Å². The number of nitrogens with zero attached hydrogens (tertiary/aromatic N) is 2. The van der Waals surface area contributed by atoms with Crippen molar-refractivity contribution >= 4 is 70.0 Å². The number of unbranched alkanes of at least 4 members (excludes halogenated alkanes) is 5. The Bertz CT molecular complexity index is 2560. The van der Waals surface area contributed by atoms with E-state index in [1.54, 1.807) is 23.2 Å². The van der Waals surface area contributed by atoms with E-state index < -0.39 is 94.1 Å². The Hall–Kier alpha value is -6.58. The summed E-state index contributed by atoms with van der Waals surface area (Å²) in [6.45, 7) is 25.2. The van der Waals surface area contributed by atoms with Gasteiger partial charge in [-0.2, -0.15) is 0 Å². The fourth-order valence-corrected chi connectivity index (χ4v) is 10.1. The molecular formula is C62H104N12O10. The number of aromatic nitrogens is 1. The molecule has 1 aromatic carbocycles. The van der Waals surface area contributed by atoms with Gasteiger partial charge in [0.1, 0.15) is 46.8 Å². The molecule has 1 saturated heterocycles. The fourth-order valence-electron chi connectivity index (χ4n) is 10.1. The first-order valence-electron chi connectivity index (χ1n) is 30.5. The molecule has 0 spiro atoms. The lowest BCUT2D eigenvalue weighted by atomic mass is 9.96. The molecule has 1 unspecified atom stereocenters. The largest absolute Gasteiger partial charge is 0.361 e. The monoisotopic (exact) mass is 1180 g/mol. The maximum absolute atomic E-state index is 14.4. The molecule has 0 saturated carbocycles. The summed E-state index contributed by atoms with van der Waals surface area (Å²) < 4.78 is 0. The molecule has 1 aliphatic heterocycles. The highest BCUT2D eigenvalue weighted by molar-refractivity contribution is 6.02. The molecule has 22 heteroatoms. The van der Waals surface area contributed by atoms with Crippen LogP contribution in [0.25, 0.3) is 10.9 Å². The third kappa shape index (κ3) is 23.5. The molecule has 6 atom stereocenters. The smallest absolute Gasteiger partial charge is 0.254 e. The molecular weight excluding hydrogens is 1070 g/mol. The zero-order valence-electron chi connectivity index (χ0n) is 53.4. The lowest BCUT2D eigenvalue weighted by Gasteiger charge is -2.34. The number of hydrogen-bond donors (Lipinski definition) is 10. The Morgan fingerprint density at radius 3 is 1.69 bits per heavy atom. The number of likely N-dealkylation sites (N-methyl/N-ethyl adjacent to an activating group) is 1. The van der Waals surface area contributed by atoms with E-state index in [0.717, 1.165) is 43.0 Å². The van der Waals surface area contributed by atoms with Crippen LogP contribution in [-0.4, -0.2) is 160 Å². The fraction of sp³-hybridized carbons (Fsp3) is 0.710. The molecule has 10 amide bonds. The molecule has 0 aliphatic carbocycles. The third-order valence-electron chi connectivity index (χ3n) is 14.8. The molecule has 3 rings (SSSR count). The molecule has 10 N–H and O–H groups in total. The summed E-state index contributed by atoms with van der Waals surface area (Å²) in [6.07, 6.45) is 9.26. The van der Waals surface area contributed by atoms with Crippen LogP contribution >= 0.6 is 0 Å². The van der Waals surface area contributed by atoms with Gasteiger partial charge in [0, 0.05) is 54.8 Å². The number of carbonyl (C=O) groups is 10. The van der Waals surface area contributed by atoms with Crippen LogP contribution in [0.5, 0.6) is 0 Å². The highest BCUT2D eigenvalue weighted by Gasteiger charge is 2.41. The molecule has 2 aromatic rings. The van der Waals surface area contributed by atoms with Gasteiger partial charge in [0.2, 0.25) is 53.2 Å². The predicted octanol–water partition coefficient (Wildman–Crippen LogP) is 4.86. The standard InChI is InChI=1S/C62H104N12O10/c1-17-18-19-20-21-22-24-45(66-55(80)49-25-23-32-74(49)56(81)43-26-27-44-42(36-43)28-30-63-44)51(76)67-47(34-39(4)5)53(78)70-61(11,12)58(83)69-46(33-38(2)3)52(77)68-48(35-40(6)7)54(79)71-62(13,14)59(84)72-60(9,10)57(82)64-31-29-50(75)65-41(8)37-73(15)16/h26-28,30,36,38-41,45-49,63H,17-25,29,31-35,37H2,1-16H3,(H,64,82)(H,65,75)(H,66,80)(H,67,76)(H,68,77)(H,69,83)(H,70,78)(H,71,79)(H,72,84)/t41-,45?,46-,47-,48-,49-/m0/s1. The van der Waals surface area contributed by atoms with Gasteiger partial charge >= 0.3 is 0 Å². The van der Waals surface area contributed by atoms with Crippen molar-refractivity contribution < 1.29 is 47.9 Å². The first kappa shape index (κ1) is 71.7. The van der Waals surface area contributed by atoms with Crippen molar-refractivity contribution in [2.24, 2.45) is 17.8 Å². The quantitative estimate of drug-likeness (QED) is 0.0416. The SMILES string of the molecule is CCCCCCCCC(NC(=O)[C@@H]1CCCN1C(=O)c1ccc2[nH]ccc2c1)C(=O)N[C@@H](CC(C)C)C(=O)NC(C)(C)C(=O)N[C@@H](CC(C)C)C(=O)N[C@@H](CC(C)C)C(=O)NC(C)(C)C(=O)NC(C)(C)C(=O)NCCC(=O)N[C@@H](C)CN(C)C. The van der Waals surface area contributed by atoms with Crippen LogP contribution in [-0.2, 0) is 43.2 Å². The Morgan fingerprint density at radius 1 is 0.607 bits per heavy atom. The minimum Gasteiger partial charge on any atom is -0.361 e. The van der Waals surface area contributed by atoms with E-state index in [1.165, 1.54) is 41.5 Å². The number of carbonyl (C=O) groups excluding carboxylic acids is 10. The van der Waals surface area contributed by atoms with Crippen molar-refractivity contribution in [1.29, 1.82) is 0 Å². The number of rotatable bonds is 35. The van der Waals surface area contributed by atoms with Crippen molar-refractivity contribution in [3.63, 3.8) is 0 Å². The van der Waals surface area contributed by atoms with Gasteiger partial charge in [-0.05, 0) is 143 Å². The summed E-state index contributed by atoms with van der Waals surface area (Å²) in [7, 11) is 3.80. The molecule has 472 valence electrons. The van der Waals surface area contributed by atoms with Gasteiger partial charge in [0.05, 0.1) is 0 Å². The Kier molecular flexibility index (Phi) is 28.3. The second kappa shape index (κ2) is 33.2. The van der Waals surface area contributed by atoms with Gasteiger partial charge < -0.3 is 62.6 Å². The van der Waals surface area contributed by atoms with Crippen LogP contribution in [0, 0.1) is 17.8 Å². The lowest BCUT2D eigenvalue weighted by molar-refractivity contribution is -0.139. The van der Waals surface area contributed by atoms with E-state index in [-0.39, 0.29) is 67.8 Å². The zero-order valence-corrected chi connectivity index (χ0v) is 53.4. The average Bonchev–Trinajstić information content (AvgIpc) is 4.21. The van der Waals surface area contributed by atoms with Gasteiger partial charge in [-0.15, -0.1) is 0 Å². The molecule has 2 heterocycles. The first-order chi connectivity index (χ1) is 39.2. The number of nitrogens with one attached hydrogen (secondary N) is 10. The van der Waals surface area contributed by atoms with Crippen LogP contribution in [0.3, 0.4) is 0 Å². The summed E-state index contributed by atoms with van der Waals surface area (Å²) in [5.74, 6) is -5.83. The van der Waals surface area contributed by atoms with Gasteiger partial charge in [-0.25, -0.2) is 0 Å². The maximum atomic E-state index is 14.4. The second-order valence-corrected chi connectivity index (χ2v) is 26.1. The number of fused-ring (bicyclic) bond motifs is 1.